The first-order valence-corrected chi connectivity index (χ1v) is 9.30. The van der Waals surface area contributed by atoms with Gasteiger partial charge in [0.05, 0.1) is 17.1 Å². The summed E-state index contributed by atoms with van der Waals surface area (Å²) < 4.78 is 5.80. The molecule has 4 unspecified atom stereocenters. The zero-order valence-corrected chi connectivity index (χ0v) is 15.1. The summed E-state index contributed by atoms with van der Waals surface area (Å²) in [4.78, 5) is 16.8. The van der Waals surface area contributed by atoms with Gasteiger partial charge in [-0.25, -0.2) is 4.98 Å². The molecule has 0 aromatic carbocycles. The van der Waals surface area contributed by atoms with Gasteiger partial charge in [-0.15, -0.1) is 11.3 Å². The van der Waals surface area contributed by atoms with Crippen LogP contribution >= 0.6 is 11.3 Å². The smallest absolute Gasteiger partial charge is 0.312 e. The first kappa shape index (κ1) is 16.0. The van der Waals surface area contributed by atoms with Crippen molar-refractivity contribution in [1.29, 1.82) is 0 Å². The van der Waals surface area contributed by atoms with Crippen molar-refractivity contribution >= 4 is 17.3 Å². The molecule has 0 amide bonds. The van der Waals surface area contributed by atoms with E-state index in [9.17, 15) is 4.79 Å². The predicted octanol–water partition coefficient (Wildman–Crippen LogP) is 4.42. The van der Waals surface area contributed by atoms with Crippen LogP contribution in [0.5, 0.6) is 0 Å². The Morgan fingerprint density at radius 2 is 2.18 bits per heavy atom. The largest absolute Gasteiger partial charge is 0.462 e. The van der Waals surface area contributed by atoms with Gasteiger partial charge in [0.15, 0.2) is 0 Å². The number of hydrogen-bond acceptors (Lipinski definition) is 4. The Hall–Kier alpha value is -0.900. The highest BCUT2D eigenvalue weighted by atomic mass is 32.1. The summed E-state index contributed by atoms with van der Waals surface area (Å²) >= 11 is 1.63. The third-order valence-electron chi connectivity index (χ3n) is 5.96. The maximum Gasteiger partial charge on any atom is 0.312 e. The fourth-order valence-corrected chi connectivity index (χ4v) is 5.12. The van der Waals surface area contributed by atoms with Gasteiger partial charge in [0, 0.05) is 11.3 Å². The second kappa shape index (κ2) is 5.63. The van der Waals surface area contributed by atoms with E-state index in [-0.39, 0.29) is 12.1 Å². The highest BCUT2D eigenvalue weighted by Gasteiger charge is 2.57. The second-order valence-electron chi connectivity index (χ2n) is 7.99. The van der Waals surface area contributed by atoms with Gasteiger partial charge in [-0.1, -0.05) is 34.6 Å². The molecule has 0 aliphatic heterocycles. The number of rotatable bonds is 4. The summed E-state index contributed by atoms with van der Waals surface area (Å²) in [5, 5.41) is 3.08. The minimum absolute atomic E-state index is 0.104. The summed E-state index contributed by atoms with van der Waals surface area (Å²) in [5.74, 6) is 2.21. The van der Waals surface area contributed by atoms with Crippen molar-refractivity contribution < 1.29 is 9.53 Å². The first-order chi connectivity index (χ1) is 10.3. The Bertz CT molecular complexity index is 563. The molecule has 0 radical (unpaired) electrons. The van der Waals surface area contributed by atoms with Gasteiger partial charge in [-0.05, 0) is 36.0 Å². The molecule has 22 heavy (non-hydrogen) atoms. The Morgan fingerprint density at radius 1 is 1.45 bits per heavy atom. The van der Waals surface area contributed by atoms with Crippen LogP contribution in [0.25, 0.3) is 0 Å². The van der Waals surface area contributed by atoms with Gasteiger partial charge < -0.3 is 4.74 Å². The number of carbonyl (C=O) groups is 1. The summed E-state index contributed by atoms with van der Waals surface area (Å²) in [6.45, 7) is 11.2. The SMILES string of the molecule is CC(C)c1nc(CC(=O)OC2CC3CC(C2C)C3(C)C)cs1. The Balaban J connectivity index is 1.56. The van der Waals surface area contributed by atoms with Crippen LogP contribution in [0.15, 0.2) is 5.38 Å². The number of ether oxygens (including phenoxy) is 1. The van der Waals surface area contributed by atoms with E-state index in [0.717, 1.165) is 23.0 Å². The summed E-state index contributed by atoms with van der Waals surface area (Å²) in [6.07, 6.45) is 2.76. The molecule has 2 bridgehead atoms. The number of esters is 1. The number of carbonyl (C=O) groups excluding carboxylic acids is 1. The van der Waals surface area contributed by atoms with Crippen LogP contribution in [0.2, 0.25) is 0 Å². The number of thiazole rings is 1. The average Bonchev–Trinajstić information content (AvgIpc) is 2.89. The van der Waals surface area contributed by atoms with Gasteiger partial charge in [0.1, 0.15) is 6.10 Å². The normalized spacial score (nSPS) is 32.6. The van der Waals surface area contributed by atoms with Crippen LogP contribution in [0.3, 0.4) is 0 Å². The minimum atomic E-state index is -0.114. The lowest BCUT2D eigenvalue weighted by molar-refractivity contribution is -0.185. The standard InChI is InChI=1S/C18H27NO2S/c1-10(2)17-19-13(9-22-17)8-16(20)21-15-7-12-6-14(11(15)3)18(12,4)5/h9-12,14-15H,6-8H2,1-5H3. The van der Waals surface area contributed by atoms with E-state index in [1.165, 1.54) is 6.42 Å². The summed E-state index contributed by atoms with van der Waals surface area (Å²) in [7, 11) is 0. The minimum Gasteiger partial charge on any atom is -0.462 e. The van der Waals surface area contributed by atoms with Crippen molar-refractivity contribution in [1.82, 2.24) is 4.98 Å². The molecule has 122 valence electrons. The van der Waals surface area contributed by atoms with Crippen molar-refractivity contribution in [2.24, 2.45) is 23.2 Å². The Labute approximate surface area is 137 Å². The van der Waals surface area contributed by atoms with Crippen molar-refractivity contribution in [2.45, 2.75) is 65.9 Å². The fourth-order valence-electron chi connectivity index (χ4n) is 4.29. The van der Waals surface area contributed by atoms with Crippen molar-refractivity contribution in [2.75, 3.05) is 0 Å². The molecule has 3 aliphatic carbocycles. The van der Waals surface area contributed by atoms with Crippen molar-refractivity contribution in [3.05, 3.63) is 16.1 Å². The quantitative estimate of drug-likeness (QED) is 0.770. The molecular formula is C18H27NO2S. The highest BCUT2D eigenvalue weighted by molar-refractivity contribution is 7.09. The monoisotopic (exact) mass is 321 g/mol. The van der Waals surface area contributed by atoms with Crippen LogP contribution < -0.4 is 0 Å². The molecule has 4 rings (SSSR count). The number of hydrogen-bond donors (Lipinski definition) is 0. The lowest BCUT2D eigenvalue weighted by Gasteiger charge is -2.61. The van der Waals surface area contributed by atoms with E-state index in [2.05, 4.69) is 39.6 Å². The van der Waals surface area contributed by atoms with Crippen molar-refractivity contribution in [3.63, 3.8) is 0 Å². The molecule has 1 aromatic rings. The molecule has 0 N–H and O–H groups in total. The maximum atomic E-state index is 12.2. The van der Waals surface area contributed by atoms with Gasteiger partial charge in [-0.2, -0.15) is 0 Å². The molecule has 4 atom stereocenters. The van der Waals surface area contributed by atoms with Crippen molar-refractivity contribution in [3.8, 4) is 0 Å². The molecule has 3 fully saturated rings. The topological polar surface area (TPSA) is 39.2 Å². The van der Waals surface area contributed by atoms with Gasteiger partial charge in [-0.3, -0.25) is 4.79 Å². The van der Waals surface area contributed by atoms with E-state index in [0.29, 0.717) is 29.6 Å². The third-order valence-corrected chi connectivity index (χ3v) is 7.15. The van der Waals surface area contributed by atoms with E-state index in [1.54, 1.807) is 11.3 Å². The molecule has 4 heteroatoms. The zero-order chi connectivity index (χ0) is 16.1. The van der Waals surface area contributed by atoms with Crippen LogP contribution in [0.1, 0.15) is 64.1 Å². The van der Waals surface area contributed by atoms with E-state index < -0.39 is 0 Å². The summed E-state index contributed by atoms with van der Waals surface area (Å²) in [6, 6.07) is 0. The number of nitrogens with zero attached hydrogens (tertiary/aromatic N) is 1. The van der Waals surface area contributed by atoms with Gasteiger partial charge in [0.2, 0.25) is 0 Å². The van der Waals surface area contributed by atoms with Gasteiger partial charge >= 0.3 is 5.97 Å². The maximum absolute atomic E-state index is 12.2. The van der Waals surface area contributed by atoms with Crippen LogP contribution in [-0.4, -0.2) is 17.1 Å². The molecule has 1 heterocycles. The van der Waals surface area contributed by atoms with E-state index in [4.69, 9.17) is 4.74 Å². The molecule has 3 aliphatic rings. The van der Waals surface area contributed by atoms with Crippen LogP contribution in [0, 0.1) is 23.2 Å². The molecule has 0 saturated heterocycles. The number of aromatic nitrogens is 1. The predicted molar refractivity (Wildman–Crippen MR) is 88.9 cm³/mol. The number of fused-ring (bicyclic) bond motifs is 2. The molecule has 0 spiro atoms. The third kappa shape index (κ3) is 2.70. The Morgan fingerprint density at radius 3 is 2.73 bits per heavy atom. The first-order valence-electron chi connectivity index (χ1n) is 8.42. The lowest BCUT2D eigenvalue weighted by Crippen LogP contribution is -2.57. The zero-order valence-electron chi connectivity index (χ0n) is 14.3. The molecule has 3 saturated carbocycles. The summed E-state index contributed by atoms with van der Waals surface area (Å²) in [5.41, 5.74) is 1.29. The molecular weight excluding hydrogens is 294 g/mol. The second-order valence-corrected chi connectivity index (χ2v) is 8.88. The molecule has 3 nitrogen and oxygen atoms in total. The van der Waals surface area contributed by atoms with E-state index >= 15 is 0 Å². The van der Waals surface area contributed by atoms with Gasteiger partial charge in [0.25, 0.3) is 0 Å². The highest BCUT2D eigenvalue weighted by Crippen LogP contribution is 2.61. The average molecular weight is 321 g/mol. The van der Waals surface area contributed by atoms with Crippen LogP contribution in [-0.2, 0) is 16.0 Å². The van der Waals surface area contributed by atoms with E-state index in [1.807, 2.05) is 5.38 Å². The Kier molecular flexibility index (Phi) is 4.09. The van der Waals surface area contributed by atoms with Crippen LogP contribution in [0.4, 0.5) is 0 Å². The molecule has 1 aromatic heterocycles. The fraction of sp³-hybridized carbons (Fsp3) is 0.778. The lowest BCUT2D eigenvalue weighted by atomic mass is 9.45.